The van der Waals surface area contributed by atoms with Crippen LogP contribution in [-0.2, 0) is 6.54 Å². The highest BCUT2D eigenvalue weighted by Gasteiger charge is 2.18. The zero-order chi connectivity index (χ0) is 12.4. The van der Waals surface area contributed by atoms with Crippen LogP contribution < -0.4 is 10.5 Å². The molecule has 1 aromatic heterocycles. The Kier molecular flexibility index (Phi) is 2.92. The minimum Gasteiger partial charge on any atom is -0.504 e. The Hall–Kier alpha value is -2.15. The van der Waals surface area contributed by atoms with E-state index in [1.54, 1.807) is 0 Å². The minimum atomic E-state index is -0.753. The molecule has 2 aromatic rings. The van der Waals surface area contributed by atoms with Crippen molar-refractivity contribution in [3.63, 3.8) is 0 Å². The standard InChI is InChI=1S/C10H10FN3O3/c1-16-9-6(15)3-2-5(8(9)11)10-13-7(4-12)17-14-10/h2-3,15H,4,12H2,1H3. The number of aromatic nitrogens is 2. The zero-order valence-electron chi connectivity index (χ0n) is 8.98. The maximum Gasteiger partial charge on any atom is 0.240 e. The third kappa shape index (κ3) is 1.92. The van der Waals surface area contributed by atoms with Crippen molar-refractivity contribution in [2.24, 2.45) is 5.73 Å². The molecule has 0 fully saturated rings. The molecule has 7 heteroatoms. The molecule has 0 spiro atoms. The second-order valence-corrected chi connectivity index (χ2v) is 3.20. The number of phenolic OH excluding ortho intramolecular Hbond substituents is 1. The van der Waals surface area contributed by atoms with Crippen LogP contribution in [0.3, 0.4) is 0 Å². The molecule has 6 nitrogen and oxygen atoms in total. The molecule has 0 aliphatic rings. The van der Waals surface area contributed by atoms with E-state index in [1.165, 1.54) is 19.2 Å². The van der Waals surface area contributed by atoms with Crippen LogP contribution in [0.25, 0.3) is 11.4 Å². The third-order valence-electron chi connectivity index (χ3n) is 2.16. The van der Waals surface area contributed by atoms with Gasteiger partial charge in [-0.3, -0.25) is 0 Å². The van der Waals surface area contributed by atoms with Crippen molar-refractivity contribution in [2.45, 2.75) is 6.54 Å². The number of ether oxygens (including phenoxy) is 1. The van der Waals surface area contributed by atoms with Gasteiger partial charge in [0.05, 0.1) is 19.2 Å². The van der Waals surface area contributed by atoms with Gasteiger partial charge in [-0.15, -0.1) is 0 Å². The van der Waals surface area contributed by atoms with Gasteiger partial charge in [0.1, 0.15) is 0 Å². The lowest BCUT2D eigenvalue weighted by atomic mass is 10.1. The number of methoxy groups -OCH3 is 1. The maximum atomic E-state index is 13.9. The second kappa shape index (κ2) is 4.38. The molecular weight excluding hydrogens is 229 g/mol. The van der Waals surface area contributed by atoms with Gasteiger partial charge in [-0.1, -0.05) is 5.16 Å². The molecule has 17 heavy (non-hydrogen) atoms. The summed E-state index contributed by atoms with van der Waals surface area (Å²) in [4.78, 5) is 3.88. The zero-order valence-corrected chi connectivity index (χ0v) is 8.98. The highest BCUT2D eigenvalue weighted by Crippen LogP contribution is 2.34. The Morgan fingerprint density at radius 3 is 2.88 bits per heavy atom. The molecule has 0 aliphatic carbocycles. The highest BCUT2D eigenvalue weighted by molar-refractivity contribution is 5.61. The van der Waals surface area contributed by atoms with Gasteiger partial charge in [0.15, 0.2) is 17.3 Å². The van der Waals surface area contributed by atoms with E-state index in [0.29, 0.717) is 0 Å². The van der Waals surface area contributed by atoms with E-state index in [-0.39, 0.29) is 35.3 Å². The second-order valence-electron chi connectivity index (χ2n) is 3.20. The van der Waals surface area contributed by atoms with E-state index in [9.17, 15) is 9.50 Å². The summed E-state index contributed by atoms with van der Waals surface area (Å²) in [5.41, 5.74) is 5.38. The van der Waals surface area contributed by atoms with E-state index in [0.717, 1.165) is 0 Å². The van der Waals surface area contributed by atoms with E-state index >= 15 is 0 Å². The van der Waals surface area contributed by atoms with Gasteiger partial charge < -0.3 is 20.1 Å². The molecule has 90 valence electrons. The van der Waals surface area contributed by atoms with E-state index < -0.39 is 5.82 Å². The summed E-state index contributed by atoms with van der Waals surface area (Å²) >= 11 is 0. The lowest BCUT2D eigenvalue weighted by Gasteiger charge is -2.06. The molecule has 0 saturated heterocycles. The fourth-order valence-corrected chi connectivity index (χ4v) is 1.36. The Balaban J connectivity index is 2.52. The van der Waals surface area contributed by atoms with Crippen molar-refractivity contribution in [1.82, 2.24) is 10.1 Å². The van der Waals surface area contributed by atoms with Gasteiger partial charge >= 0.3 is 0 Å². The van der Waals surface area contributed by atoms with Gasteiger partial charge in [0.2, 0.25) is 11.7 Å². The monoisotopic (exact) mass is 239 g/mol. The van der Waals surface area contributed by atoms with Gasteiger partial charge in [0, 0.05) is 0 Å². The van der Waals surface area contributed by atoms with Crippen molar-refractivity contribution >= 4 is 0 Å². The molecule has 2 rings (SSSR count). The topological polar surface area (TPSA) is 94.4 Å². The van der Waals surface area contributed by atoms with Crippen LogP contribution >= 0.6 is 0 Å². The van der Waals surface area contributed by atoms with Crippen LogP contribution in [0.2, 0.25) is 0 Å². The van der Waals surface area contributed by atoms with Gasteiger partial charge in [0.25, 0.3) is 0 Å². The number of nitrogens with zero attached hydrogens (tertiary/aromatic N) is 2. The maximum absolute atomic E-state index is 13.9. The number of phenols is 1. The number of halogens is 1. The molecule has 3 N–H and O–H groups in total. The lowest BCUT2D eigenvalue weighted by Crippen LogP contribution is -1.96. The van der Waals surface area contributed by atoms with E-state index in [4.69, 9.17) is 15.0 Å². The average molecular weight is 239 g/mol. The Morgan fingerprint density at radius 2 is 2.29 bits per heavy atom. The lowest BCUT2D eigenvalue weighted by molar-refractivity contribution is 0.351. The van der Waals surface area contributed by atoms with Crippen LogP contribution in [0.1, 0.15) is 5.89 Å². The molecule has 1 aromatic carbocycles. The van der Waals surface area contributed by atoms with E-state index in [1.807, 2.05) is 0 Å². The summed E-state index contributed by atoms with van der Waals surface area (Å²) in [5, 5.41) is 12.9. The summed E-state index contributed by atoms with van der Waals surface area (Å²) in [7, 11) is 1.25. The molecule has 0 aliphatic heterocycles. The summed E-state index contributed by atoms with van der Waals surface area (Å²) in [6.45, 7) is 0.0733. The smallest absolute Gasteiger partial charge is 0.240 e. The fourth-order valence-electron chi connectivity index (χ4n) is 1.36. The number of benzene rings is 1. The van der Waals surface area contributed by atoms with E-state index in [2.05, 4.69) is 10.1 Å². The van der Waals surface area contributed by atoms with Crippen LogP contribution in [0.15, 0.2) is 16.7 Å². The van der Waals surface area contributed by atoms with Crippen LogP contribution in [0.5, 0.6) is 11.5 Å². The van der Waals surface area contributed by atoms with Crippen molar-refractivity contribution in [3.8, 4) is 22.9 Å². The van der Waals surface area contributed by atoms with Gasteiger partial charge in [-0.05, 0) is 12.1 Å². The van der Waals surface area contributed by atoms with Crippen molar-refractivity contribution in [2.75, 3.05) is 7.11 Å². The minimum absolute atomic E-state index is 0.0567. The van der Waals surface area contributed by atoms with Crippen molar-refractivity contribution < 1.29 is 18.8 Å². The number of hydrogen-bond acceptors (Lipinski definition) is 6. The van der Waals surface area contributed by atoms with Gasteiger partial charge in [-0.25, -0.2) is 4.39 Å². The molecule has 0 saturated carbocycles. The van der Waals surface area contributed by atoms with Crippen LogP contribution in [0, 0.1) is 5.82 Å². The van der Waals surface area contributed by atoms with Crippen molar-refractivity contribution in [3.05, 3.63) is 23.8 Å². The summed E-state index contributed by atoms with van der Waals surface area (Å²) in [6.07, 6.45) is 0. The van der Waals surface area contributed by atoms with Crippen LogP contribution in [-0.4, -0.2) is 22.4 Å². The molecule has 0 radical (unpaired) electrons. The number of hydrogen-bond donors (Lipinski definition) is 2. The Morgan fingerprint density at radius 1 is 1.53 bits per heavy atom. The first kappa shape index (κ1) is 11.3. The van der Waals surface area contributed by atoms with Crippen molar-refractivity contribution in [1.29, 1.82) is 0 Å². The highest BCUT2D eigenvalue weighted by atomic mass is 19.1. The SMILES string of the molecule is COc1c(O)ccc(-c2noc(CN)n2)c1F. The summed E-state index contributed by atoms with van der Waals surface area (Å²) in [6, 6.07) is 2.62. The van der Waals surface area contributed by atoms with Crippen LogP contribution in [0.4, 0.5) is 4.39 Å². The molecule has 0 bridgehead atoms. The molecule has 0 amide bonds. The Bertz CT molecular complexity index is 542. The normalized spacial score (nSPS) is 10.5. The summed E-state index contributed by atoms with van der Waals surface area (Å²) < 4.78 is 23.4. The average Bonchev–Trinajstić information content (AvgIpc) is 2.78. The molecule has 1 heterocycles. The largest absolute Gasteiger partial charge is 0.504 e. The predicted octanol–water partition coefficient (Wildman–Crippen LogP) is 1.05. The molecular formula is C10H10FN3O3. The van der Waals surface area contributed by atoms with Gasteiger partial charge in [-0.2, -0.15) is 4.98 Å². The molecule has 0 unspecified atom stereocenters. The quantitative estimate of drug-likeness (QED) is 0.831. The summed E-state index contributed by atoms with van der Waals surface area (Å²) in [5.74, 6) is -1.05. The Labute approximate surface area is 95.8 Å². The first-order chi connectivity index (χ1) is 8.17. The third-order valence-corrected chi connectivity index (χ3v) is 2.16. The first-order valence-corrected chi connectivity index (χ1v) is 4.75. The number of nitrogens with two attached hydrogens (primary N) is 1. The first-order valence-electron chi connectivity index (χ1n) is 4.75. The predicted molar refractivity (Wildman–Crippen MR) is 55.8 cm³/mol. The number of aromatic hydroxyl groups is 1. The molecule has 0 atom stereocenters. The number of rotatable bonds is 3. The fraction of sp³-hybridized carbons (Fsp3) is 0.200.